The van der Waals surface area contributed by atoms with Crippen LogP contribution in [0.2, 0.25) is 0 Å². The van der Waals surface area contributed by atoms with Gasteiger partial charge in [-0.3, -0.25) is 14.4 Å². The summed E-state index contributed by atoms with van der Waals surface area (Å²) in [5.41, 5.74) is 0.564. The van der Waals surface area contributed by atoms with E-state index < -0.39 is 17.7 Å². The maximum atomic E-state index is 13.6. The van der Waals surface area contributed by atoms with E-state index in [1.54, 1.807) is 30.3 Å². The number of thiazole rings is 1. The number of thiophene rings is 2. The lowest BCUT2D eigenvalue weighted by atomic mass is 9.96. The van der Waals surface area contributed by atoms with Crippen molar-refractivity contribution in [2.45, 2.75) is 49.7 Å². The number of benzene rings is 2. The van der Waals surface area contributed by atoms with Crippen molar-refractivity contribution in [2.75, 3.05) is 26.7 Å². The first-order valence-electron chi connectivity index (χ1n) is 17.4. The third kappa shape index (κ3) is 8.29. The Hall–Kier alpha value is -4.42. The lowest BCUT2D eigenvalue weighted by molar-refractivity contribution is -0.170. The number of aromatic nitrogens is 1. The highest BCUT2D eigenvalue weighted by molar-refractivity contribution is 7.16. The highest BCUT2D eigenvalue weighted by atomic mass is 32.1. The monoisotopic (exact) mass is 794 g/mol. The maximum Gasteiger partial charge on any atom is 0.349 e. The average Bonchev–Trinajstić information content (AvgIpc) is 4.01. The molecule has 2 saturated carbocycles. The largest absolute Gasteiger partial charge is 0.506 e. The molecule has 3 aromatic heterocycles. The molecule has 5 aromatic rings. The summed E-state index contributed by atoms with van der Waals surface area (Å²) in [6.07, 6.45) is 1.64. The molecular weight excluding hydrogens is 753 g/mol. The van der Waals surface area contributed by atoms with Gasteiger partial charge < -0.3 is 45.7 Å². The SMILES string of the molecule is CN(CCNC(=O)c1ccc(CNC[C@H](O)c2ccc(O)c3[nH]c(=O)sc23)cc1)C1C2CCC1C(OC(=O)C(O)(c1cccs1)c1cccs1)C2.O=CO. The Bertz CT molecular complexity index is 2050. The van der Waals surface area contributed by atoms with Gasteiger partial charge in [0, 0.05) is 49.3 Å². The second kappa shape index (κ2) is 17.4. The number of hydrogen-bond donors (Lipinski definition) is 7. The zero-order valence-electron chi connectivity index (χ0n) is 29.3. The number of ether oxygens (including phenoxy) is 1. The molecular formula is C38H42N4O9S3. The maximum absolute atomic E-state index is 13.6. The number of likely N-dealkylation sites (N-methyl/N-ethyl adjacent to an activating group) is 1. The summed E-state index contributed by atoms with van der Waals surface area (Å²) in [6, 6.07) is 17.8. The van der Waals surface area contributed by atoms with Gasteiger partial charge in [0.25, 0.3) is 12.4 Å². The van der Waals surface area contributed by atoms with Crippen molar-refractivity contribution in [3.05, 3.63) is 108 Å². The fourth-order valence-electron chi connectivity index (χ4n) is 7.71. The first-order chi connectivity index (χ1) is 26.0. The number of carbonyl (C=O) groups excluding carboxylic acids is 2. The van der Waals surface area contributed by atoms with Gasteiger partial charge in [-0.2, -0.15) is 0 Å². The molecule has 0 radical (unpaired) electrons. The number of carbonyl (C=O) groups is 3. The highest BCUT2D eigenvalue weighted by Crippen LogP contribution is 2.49. The highest BCUT2D eigenvalue weighted by Gasteiger charge is 2.53. The van der Waals surface area contributed by atoms with Crippen molar-refractivity contribution in [1.82, 2.24) is 20.5 Å². The number of nitrogens with zero attached hydrogens (tertiary/aromatic N) is 1. The number of hydrogen-bond acceptors (Lipinski definition) is 13. The van der Waals surface area contributed by atoms with Crippen molar-refractivity contribution in [3.8, 4) is 5.75 Å². The summed E-state index contributed by atoms with van der Waals surface area (Å²) in [5.74, 6) is -0.268. The Kier molecular flexibility index (Phi) is 12.6. The van der Waals surface area contributed by atoms with Gasteiger partial charge in [0.1, 0.15) is 17.4 Å². The van der Waals surface area contributed by atoms with E-state index in [2.05, 4.69) is 27.6 Å². The van der Waals surface area contributed by atoms with Gasteiger partial charge in [0.15, 0.2) is 0 Å². The number of phenolic OH excluding ortho intramolecular Hbond substituents is 1. The van der Waals surface area contributed by atoms with Gasteiger partial charge in [0.05, 0.1) is 20.6 Å². The zero-order valence-corrected chi connectivity index (χ0v) is 31.8. The number of rotatable bonds is 14. The van der Waals surface area contributed by atoms with Gasteiger partial charge in [-0.15, -0.1) is 22.7 Å². The first-order valence-corrected chi connectivity index (χ1v) is 20.0. The van der Waals surface area contributed by atoms with Gasteiger partial charge in [-0.1, -0.05) is 41.7 Å². The van der Waals surface area contributed by atoms with Crippen LogP contribution in [0.5, 0.6) is 5.75 Å². The van der Waals surface area contributed by atoms with E-state index in [1.807, 2.05) is 35.0 Å². The number of fused-ring (bicyclic) bond motifs is 3. The summed E-state index contributed by atoms with van der Waals surface area (Å²) in [6.45, 7) is 1.57. The van der Waals surface area contributed by atoms with Crippen LogP contribution < -0.4 is 15.5 Å². The Morgan fingerprint density at radius 2 is 1.76 bits per heavy atom. The Morgan fingerprint density at radius 1 is 1.07 bits per heavy atom. The smallest absolute Gasteiger partial charge is 0.349 e. The van der Waals surface area contributed by atoms with E-state index in [0.29, 0.717) is 56.6 Å². The average molecular weight is 795 g/mol. The molecule has 7 N–H and O–H groups in total. The summed E-state index contributed by atoms with van der Waals surface area (Å²) >= 11 is 3.63. The molecule has 0 aliphatic heterocycles. The lowest BCUT2D eigenvalue weighted by Crippen LogP contribution is -2.43. The molecule has 286 valence electrons. The summed E-state index contributed by atoms with van der Waals surface area (Å²) in [5, 5.41) is 49.3. The number of aromatic amines is 1. The molecule has 2 aliphatic rings. The van der Waals surface area contributed by atoms with E-state index in [9.17, 15) is 29.7 Å². The summed E-state index contributed by atoms with van der Waals surface area (Å²) in [7, 11) is 2.06. The van der Waals surface area contributed by atoms with Crippen molar-refractivity contribution in [3.63, 3.8) is 0 Å². The van der Waals surface area contributed by atoms with Crippen molar-refractivity contribution in [1.29, 1.82) is 0 Å². The normalized spacial score (nSPS) is 19.7. The Morgan fingerprint density at radius 3 is 2.41 bits per heavy atom. The number of aromatic hydroxyl groups is 1. The molecule has 13 nitrogen and oxygen atoms in total. The molecule has 3 heterocycles. The number of nitrogens with one attached hydrogen (secondary N) is 3. The zero-order chi connectivity index (χ0) is 38.4. The van der Waals surface area contributed by atoms with E-state index in [-0.39, 0.29) is 47.6 Å². The molecule has 4 unspecified atom stereocenters. The van der Waals surface area contributed by atoms with Crippen LogP contribution in [0.15, 0.2) is 76.2 Å². The van der Waals surface area contributed by atoms with Crippen molar-refractivity contribution >= 4 is 62.6 Å². The van der Waals surface area contributed by atoms with Crippen LogP contribution in [0.1, 0.15) is 56.6 Å². The molecule has 0 spiro atoms. The van der Waals surface area contributed by atoms with E-state index in [1.165, 1.54) is 28.7 Å². The molecule has 16 heteroatoms. The molecule has 0 saturated heterocycles. The number of esters is 1. The molecule has 5 atom stereocenters. The van der Waals surface area contributed by atoms with Crippen LogP contribution >= 0.6 is 34.0 Å². The third-order valence-corrected chi connectivity index (χ3v) is 13.1. The molecule has 2 fully saturated rings. The first kappa shape index (κ1) is 39.3. The fraction of sp³-hybridized carbons (Fsp3) is 0.368. The summed E-state index contributed by atoms with van der Waals surface area (Å²) < 4.78 is 6.65. The molecule has 2 bridgehead atoms. The molecule has 54 heavy (non-hydrogen) atoms. The van der Waals surface area contributed by atoms with Crippen LogP contribution in [0, 0.1) is 11.8 Å². The second-order valence-corrected chi connectivity index (χ2v) is 16.3. The predicted molar refractivity (Wildman–Crippen MR) is 207 cm³/mol. The number of amides is 1. The number of carboxylic acid groups (broad SMARTS) is 1. The van der Waals surface area contributed by atoms with Crippen molar-refractivity contribution in [2.24, 2.45) is 11.8 Å². The van der Waals surface area contributed by atoms with Crippen LogP contribution in [-0.4, -0.2) is 87.5 Å². The minimum Gasteiger partial charge on any atom is -0.506 e. The molecule has 2 aliphatic carbocycles. The number of H-pyrrole nitrogens is 1. The third-order valence-electron chi connectivity index (χ3n) is 10.2. The van der Waals surface area contributed by atoms with Crippen LogP contribution in [0.4, 0.5) is 0 Å². The number of aliphatic hydroxyl groups excluding tert-OH is 1. The van der Waals surface area contributed by atoms with E-state index in [0.717, 1.165) is 36.2 Å². The Balaban J connectivity index is 0.00000160. The van der Waals surface area contributed by atoms with Crippen LogP contribution in [0.3, 0.4) is 0 Å². The predicted octanol–water partition coefficient (Wildman–Crippen LogP) is 4.25. The quantitative estimate of drug-likeness (QED) is 0.0626. The topological polar surface area (TPSA) is 202 Å². The van der Waals surface area contributed by atoms with Gasteiger partial charge >= 0.3 is 10.8 Å². The van der Waals surface area contributed by atoms with Gasteiger partial charge in [0.2, 0.25) is 5.60 Å². The van der Waals surface area contributed by atoms with E-state index in [4.69, 9.17) is 14.6 Å². The van der Waals surface area contributed by atoms with Gasteiger partial charge in [-0.05, 0) is 78.9 Å². The summed E-state index contributed by atoms with van der Waals surface area (Å²) in [4.78, 5) is 52.4. The molecule has 1 amide bonds. The standard InChI is InChI=1S/C37H40N4O7S3.CH2O2/c1-41(32-23-10-11-25(32)28(18-23)48-35(45)37(47,29-4-2-16-49-29)30-5-3-17-50-30)15-14-39-34(44)22-8-6-21(7-9-22)19-38-20-27(43)24-12-13-26(42)31-33(24)51-36(46)40-31;2-1-3/h2-9,12-13,16-17,23,25,27-28,32,38,42-43,47H,10-11,14-15,18-20H2,1H3,(H,39,44)(H,40,46);1H,(H,2,3)/t23?,25?,27-,28?,32?;/m0./s1. The van der Waals surface area contributed by atoms with Crippen LogP contribution in [-0.2, 0) is 26.5 Å². The van der Waals surface area contributed by atoms with Crippen LogP contribution in [0.25, 0.3) is 10.2 Å². The van der Waals surface area contributed by atoms with Crippen molar-refractivity contribution < 1.29 is 39.5 Å². The second-order valence-electron chi connectivity index (χ2n) is 13.4. The fourth-order valence-corrected chi connectivity index (χ4v) is 10.3. The Labute approximate surface area is 322 Å². The number of phenols is 1. The van der Waals surface area contributed by atoms with Gasteiger partial charge in [-0.25, -0.2) is 4.79 Å². The number of aliphatic hydroxyl groups is 2. The molecule has 7 rings (SSSR count). The lowest BCUT2D eigenvalue weighted by Gasteiger charge is -2.31. The minimum atomic E-state index is -1.82. The van der Waals surface area contributed by atoms with E-state index >= 15 is 0 Å². The molecule has 2 aromatic carbocycles. The minimum absolute atomic E-state index is 0.0342.